The molecule has 0 aliphatic carbocycles. The van der Waals surface area contributed by atoms with Crippen molar-refractivity contribution in [2.45, 2.75) is 59.0 Å². The Morgan fingerprint density at radius 3 is 2.59 bits per heavy atom. The van der Waals surface area contributed by atoms with Crippen molar-refractivity contribution in [3.8, 4) is 0 Å². The Kier molecular flexibility index (Phi) is 9.87. The predicted molar refractivity (Wildman–Crippen MR) is 110 cm³/mol. The first-order chi connectivity index (χ1) is 13.0. The number of nitrogens with zero attached hydrogens (tertiary/aromatic N) is 1. The van der Waals surface area contributed by atoms with Crippen LogP contribution in [0.3, 0.4) is 0 Å². The molecule has 0 saturated carbocycles. The first-order valence-electron chi connectivity index (χ1n) is 10.7. The third kappa shape index (κ3) is 8.36. The second-order valence-electron chi connectivity index (χ2n) is 8.92. The number of hydrogen-bond donors (Lipinski definition) is 2. The first kappa shape index (κ1) is 22.4. The van der Waals surface area contributed by atoms with Gasteiger partial charge in [-0.25, -0.2) is 0 Å². The van der Waals surface area contributed by atoms with Gasteiger partial charge in [0.05, 0.1) is 6.10 Å². The highest BCUT2D eigenvalue weighted by Crippen LogP contribution is 2.33. The zero-order valence-corrected chi connectivity index (χ0v) is 17.9. The molecular weight excluding hydrogens is 342 g/mol. The van der Waals surface area contributed by atoms with Gasteiger partial charge in [0.1, 0.15) is 0 Å². The Bertz CT molecular complexity index is 431. The summed E-state index contributed by atoms with van der Waals surface area (Å²) in [7, 11) is 1.83. The zero-order chi connectivity index (χ0) is 19.5. The van der Waals surface area contributed by atoms with Gasteiger partial charge in [0.2, 0.25) is 0 Å². The Morgan fingerprint density at radius 2 is 1.89 bits per heavy atom. The molecule has 0 spiro atoms. The van der Waals surface area contributed by atoms with Gasteiger partial charge in [0.15, 0.2) is 5.96 Å². The lowest BCUT2D eigenvalue weighted by Gasteiger charge is -2.40. The molecule has 27 heavy (non-hydrogen) atoms. The summed E-state index contributed by atoms with van der Waals surface area (Å²) >= 11 is 0. The second kappa shape index (κ2) is 11.9. The normalized spacial score (nSPS) is 25.4. The number of hydrogen-bond acceptors (Lipinski definition) is 4. The van der Waals surface area contributed by atoms with Crippen LogP contribution in [0.1, 0.15) is 52.9 Å². The van der Waals surface area contributed by atoms with Gasteiger partial charge in [0.25, 0.3) is 0 Å². The van der Waals surface area contributed by atoms with Gasteiger partial charge in [0, 0.05) is 59.1 Å². The molecule has 2 fully saturated rings. The molecule has 0 bridgehead atoms. The van der Waals surface area contributed by atoms with Crippen molar-refractivity contribution in [1.82, 2.24) is 10.6 Å². The van der Waals surface area contributed by atoms with Gasteiger partial charge >= 0.3 is 0 Å². The minimum atomic E-state index is 0.172. The lowest BCUT2D eigenvalue weighted by molar-refractivity contribution is -0.0835. The number of guanidine groups is 1. The topological polar surface area (TPSA) is 64.1 Å². The Balaban J connectivity index is 1.58. The summed E-state index contributed by atoms with van der Waals surface area (Å²) < 4.78 is 17.3. The van der Waals surface area contributed by atoms with E-state index in [-0.39, 0.29) is 5.41 Å². The number of rotatable bonds is 8. The predicted octanol–water partition coefficient (Wildman–Crippen LogP) is 2.83. The van der Waals surface area contributed by atoms with Crippen molar-refractivity contribution >= 4 is 5.96 Å². The van der Waals surface area contributed by atoms with Crippen LogP contribution < -0.4 is 10.6 Å². The van der Waals surface area contributed by atoms with Gasteiger partial charge in [-0.2, -0.15) is 0 Å². The smallest absolute Gasteiger partial charge is 0.190 e. The standard InChI is InChI=1S/C21H41N3O3/c1-21(2,3)19-18(7-5-12-27-19)15-24-20(22-4)23-10-6-11-26-16-17-8-13-25-14-9-17/h17-19H,5-16H2,1-4H3,(H2,22,23,24). The fraction of sp³-hybridized carbons (Fsp3) is 0.952. The minimum absolute atomic E-state index is 0.172. The van der Waals surface area contributed by atoms with Crippen LogP contribution in [-0.4, -0.2) is 65.2 Å². The molecule has 2 saturated heterocycles. The molecule has 2 unspecified atom stereocenters. The Labute approximate surface area is 165 Å². The SMILES string of the molecule is CN=C(NCCCOCC1CCOCC1)NCC1CCCOC1C(C)(C)C. The summed E-state index contributed by atoms with van der Waals surface area (Å²) in [6.45, 7) is 12.9. The molecular formula is C21H41N3O3. The van der Waals surface area contributed by atoms with Crippen molar-refractivity contribution in [3.05, 3.63) is 0 Å². The van der Waals surface area contributed by atoms with E-state index in [9.17, 15) is 0 Å². The van der Waals surface area contributed by atoms with E-state index >= 15 is 0 Å². The van der Waals surface area contributed by atoms with Crippen LogP contribution in [0, 0.1) is 17.3 Å². The Morgan fingerprint density at radius 1 is 1.11 bits per heavy atom. The highest BCUT2D eigenvalue weighted by molar-refractivity contribution is 5.79. The van der Waals surface area contributed by atoms with E-state index in [1.807, 2.05) is 7.05 Å². The van der Waals surface area contributed by atoms with Crippen LogP contribution in [-0.2, 0) is 14.2 Å². The van der Waals surface area contributed by atoms with Crippen LogP contribution in [0.2, 0.25) is 0 Å². The van der Waals surface area contributed by atoms with Crippen LogP contribution in [0.15, 0.2) is 4.99 Å². The fourth-order valence-electron chi connectivity index (χ4n) is 4.00. The number of ether oxygens (including phenoxy) is 3. The van der Waals surface area contributed by atoms with Crippen LogP contribution >= 0.6 is 0 Å². The maximum absolute atomic E-state index is 6.07. The molecule has 0 radical (unpaired) electrons. The molecule has 2 aliphatic heterocycles. The van der Waals surface area contributed by atoms with Crippen molar-refractivity contribution < 1.29 is 14.2 Å². The number of aliphatic imine (C=N–C) groups is 1. The molecule has 6 nitrogen and oxygen atoms in total. The third-order valence-corrected chi connectivity index (χ3v) is 5.51. The lowest BCUT2D eigenvalue weighted by atomic mass is 9.78. The van der Waals surface area contributed by atoms with Crippen LogP contribution in [0.5, 0.6) is 0 Å². The summed E-state index contributed by atoms with van der Waals surface area (Å²) in [5.74, 6) is 2.08. The molecule has 2 heterocycles. The monoisotopic (exact) mass is 383 g/mol. The van der Waals surface area contributed by atoms with Crippen LogP contribution in [0.4, 0.5) is 0 Å². The average Bonchev–Trinajstić information content (AvgIpc) is 2.67. The zero-order valence-electron chi connectivity index (χ0n) is 17.9. The molecule has 6 heteroatoms. The maximum Gasteiger partial charge on any atom is 0.190 e. The molecule has 0 amide bonds. The average molecular weight is 384 g/mol. The van der Waals surface area contributed by atoms with Crippen molar-refractivity contribution in [2.24, 2.45) is 22.2 Å². The molecule has 2 rings (SSSR count). The molecule has 0 aromatic heterocycles. The van der Waals surface area contributed by atoms with Crippen molar-refractivity contribution in [2.75, 3.05) is 53.2 Å². The van der Waals surface area contributed by atoms with Crippen molar-refractivity contribution in [1.29, 1.82) is 0 Å². The largest absolute Gasteiger partial charge is 0.381 e. The quantitative estimate of drug-likeness (QED) is 0.383. The summed E-state index contributed by atoms with van der Waals surface area (Å²) in [4.78, 5) is 4.35. The van der Waals surface area contributed by atoms with Gasteiger partial charge in [-0.3, -0.25) is 4.99 Å². The van der Waals surface area contributed by atoms with E-state index < -0.39 is 0 Å². The van der Waals surface area contributed by atoms with Crippen molar-refractivity contribution in [3.63, 3.8) is 0 Å². The van der Waals surface area contributed by atoms with E-state index in [1.54, 1.807) is 0 Å². The molecule has 158 valence electrons. The van der Waals surface area contributed by atoms with Crippen LogP contribution in [0.25, 0.3) is 0 Å². The molecule has 0 aromatic rings. The van der Waals surface area contributed by atoms with E-state index in [2.05, 4.69) is 36.4 Å². The summed E-state index contributed by atoms with van der Waals surface area (Å²) in [6, 6.07) is 0. The lowest BCUT2D eigenvalue weighted by Crippen LogP contribution is -2.47. The third-order valence-electron chi connectivity index (χ3n) is 5.51. The maximum atomic E-state index is 6.07. The Hall–Kier alpha value is -0.850. The highest BCUT2D eigenvalue weighted by atomic mass is 16.5. The van der Waals surface area contributed by atoms with Gasteiger partial charge < -0.3 is 24.8 Å². The molecule has 2 atom stereocenters. The van der Waals surface area contributed by atoms with Gasteiger partial charge in [-0.1, -0.05) is 20.8 Å². The fourth-order valence-corrected chi connectivity index (χ4v) is 4.00. The van der Waals surface area contributed by atoms with E-state index in [4.69, 9.17) is 14.2 Å². The number of nitrogens with one attached hydrogen (secondary N) is 2. The molecule has 2 N–H and O–H groups in total. The minimum Gasteiger partial charge on any atom is -0.381 e. The summed E-state index contributed by atoms with van der Waals surface area (Å²) in [5.41, 5.74) is 0.172. The highest BCUT2D eigenvalue weighted by Gasteiger charge is 2.35. The first-order valence-corrected chi connectivity index (χ1v) is 10.7. The second-order valence-corrected chi connectivity index (χ2v) is 8.92. The van der Waals surface area contributed by atoms with Gasteiger partial charge in [-0.15, -0.1) is 0 Å². The van der Waals surface area contributed by atoms with E-state index in [0.717, 1.165) is 77.8 Å². The summed E-state index contributed by atoms with van der Waals surface area (Å²) in [6.07, 6.45) is 5.92. The van der Waals surface area contributed by atoms with E-state index in [1.165, 1.54) is 6.42 Å². The molecule has 0 aromatic carbocycles. The van der Waals surface area contributed by atoms with E-state index in [0.29, 0.717) is 17.9 Å². The molecule has 2 aliphatic rings. The summed E-state index contributed by atoms with van der Waals surface area (Å²) in [5, 5.41) is 6.89. The van der Waals surface area contributed by atoms with Gasteiger partial charge in [-0.05, 0) is 43.4 Å².